The summed E-state index contributed by atoms with van der Waals surface area (Å²) < 4.78 is 40.1. The number of carbonyl (C=O) groups is 2. The summed E-state index contributed by atoms with van der Waals surface area (Å²) in [5, 5.41) is 13.5. The van der Waals surface area contributed by atoms with E-state index in [1.54, 1.807) is 18.2 Å². The largest absolute Gasteiger partial charge is 0.573 e. The van der Waals surface area contributed by atoms with Crippen LogP contribution in [0.15, 0.2) is 48.5 Å². The molecule has 2 rings (SSSR count). The second-order valence-corrected chi connectivity index (χ2v) is 4.95. The van der Waals surface area contributed by atoms with Gasteiger partial charge in [-0.25, -0.2) is 0 Å². The van der Waals surface area contributed by atoms with Gasteiger partial charge in [-0.2, -0.15) is 5.26 Å². The van der Waals surface area contributed by atoms with Crippen LogP contribution in [0, 0.1) is 11.3 Å². The Morgan fingerprint density at radius 3 is 2.31 bits per heavy atom. The van der Waals surface area contributed by atoms with Crippen molar-refractivity contribution in [2.75, 3.05) is 10.6 Å². The van der Waals surface area contributed by atoms with Crippen LogP contribution in [0.3, 0.4) is 0 Å². The van der Waals surface area contributed by atoms with E-state index in [9.17, 15) is 22.8 Å². The summed E-state index contributed by atoms with van der Waals surface area (Å²) in [6, 6.07) is 12.4. The van der Waals surface area contributed by atoms with E-state index in [2.05, 4.69) is 15.4 Å². The Morgan fingerprint density at radius 2 is 1.69 bits per heavy atom. The van der Waals surface area contributed by atoms with Gasteiger partial charge in [-0.1, -0.05) is 12.1 Å². The SMILES string of the molecule is N#CCC(=O)Nc1ccccc1C(=O)Nc1ccc(OC(F)(F)F)cc1. The van der Waals surface area contributed by atoms with Gasteiger partial charge in [-0.05, 0) is 36.4 Å². The first kappa shape index (κ1) is 18.8. The molecule has 2 N–H and O–H groups in total. The van der Waals surface area contributed by atoms with Crippen molar-refractivity contribution < 1.29 is 27.5 Å². The standard InChI is InChI=1S/C17H12F3N3O3/c18-17(19,20)26-12-7-5-11(6-8-12)22-16(25)13-3-1-2-4-14(13)23-15(24)9-10-21/h1-8H,9H2,(H,22,25)(H,23,24). The second-order valence-electron chi connectivity index (χ2n) is 4.95. The van der Waals surface area contributed by atoms with Gasteiger partial charge in [-0.3, -0.25) is 9.59 Å². The van der Waals surface area contributed by atoms with Gasteiger partial charge in [0.25, 0.3) is 5.91 Å². The molecule has 134 valence electrons. The Morgan fingerprint density at radius 1 is 1.04 bits per heavy atom. The van der Waals surface area contributed by atoms with Crippen LogP contribution in [-0.4, -0.2) is 18.2 Å². The van der Waals surface area contributed by atoms with Gasteiger partial charge in [0, 0.05) is 5.69 Å². The number of benzene rings is 2. The summed E-state index contributed by atoms with van der Waals surface area (Å²) in [6.07, 6.45) is -5.16. The molecule has 0 spiro atoms. The molecule has 0 aliphatic carbocycles. The van der Waals surface area contributed by atoms with E-state index in [1.165, 1.54) is 24.3 Å². The highest BCUT2D eigenvalue weighted by Crippen LogP contribution is 2.24. The number of nitrogens with zero attached hydrogens (tertiary/aromatic N) is 1. The molecule has 0 saturated carbocycles. The van der Waals surface area contributed by atoms with E-state index in [4.69, 9.17) is 5.26 Å². The Hall–Kier alpha value is -3.54. The van der Waals surface area contributed by atoms with Crippen LogP contribution in [0.1, 0.15) is 16.8 Å². The minimum Gasteiger partial charge on any atom is -0.406 e. The van der Waals surface area contributed by atoms with Crippen LogP contribution in [0.25, 0.3) is 0 Å². The van der Waals surface area contributed by atoms with Gasteiger partial charge >= 0.3 is 6.36 Å². The fourth-order valence-electron chi connectivity index (χ4n) is 1.99. The Labute approximate surface area is 146 Å². The van der Waals surface area contributed by atoms with Gasteiger partial charge in [0.1, 0.15) is 12.2 Å². The minimum atomic E-state index is -4.80. The first-order valence-electron chi connectivity index (χ1n) is 7.21. The normalized spacial score (nSPS) is 10.5. The molecule has 0 bridgehead atoms. The summed E-state index contributed by atoms with van der Waals surface area (Å²) in [7, 11) is 0. The maximum Gasteiger partial charge on any atom is 0.573 e. The molecule has 9 heteroatoms. The van der Waals surface area contributed by atoms with Crippen molar-refractivity contribution in [1.29, 1.82) is 5.26 Å². The molecular formula is C17H12F3N3O3. The van der Waals surface area contributed by atoms with E-state index in [1.807, 2.05) is 0 Å². The summed E-state index contributed by atoms with van der Waals surface area (Å²) in [5.74, 6) is -1.57. The molecule has 0 unspecified atom stereocenters. The number of anilines is 2. The molecule has 0 saturated heterocycles. The molecule has 2 aromatic carbocycles. The molecule has 0 radical (unpaired) electrons. The predicted octanol–water partition coefficient (Wildman–Crippen LogP) is 3.69. The highest BCUT2D eigenvalue weighted by molar-refractivity contribution is 6.10. The zero-order chi connectivity index (χ0) is 19.2. The monoisotopic (exact) mass is 363 g/mol. The van der Waals surface area contributed by atoms with Crippen molar-refractivity contribution in [3.05, 3.63) is 54.1 Å². The van der Waals surface area contributed by atoms with Crippen molar-refractivity contribution >= 4 is 23.2 Å². The molecule has 2 amide bonds. The topological polar surface area (TPSA) is 91.2 Å². The van der Waals surface area contributed by atoms with Crippen molar-refractivity contribution in [3.8, 4) is 11.8 Å². The number of amides is 2. The van der Waals surface area contributed by atoms with Crippen LogP contribution in [0.5, 0.6) is 5.75 Å². The molecule has 0 aromatic heterocycles. The number of rotatable bonds is 5. The Balaban J connectivity index is 2.11. The maximum absolute atomic E-state index is 12.3. The third kappa shape index (κ3) is 5.52. The molecule has 0 atom stereocenters. The zero-order valence-electron chi connectivity index (χ0n) is 13.1. The average Bonchev–Trinajstić information content (AvgIpc) is 2.56. The number of carbonyl (C=O) groups excluding carboxylic acids is 2. The summed E-state index contributed by atoms with van der Waals surface area (Å²) in [4.78, 5) is 23.9. The van der Waals surface area contributed by atoms with E-state index in [-0.39, 0.29) is 23.4 Å². The second kappa shape index (κ2) is 8.02. The number of nitrogens with one attached hydrogen (secondary N) is 2. The molecule has 6 nitrogen and oxygen atoms in total. The number of nitriles is 1. The molecule has 0 aliphatic rings. The lowest BCUT2D eigenvalue weighted by molar-refractivity contribution is -0.274. The fourth-order valence-corrected chi connectivity index (χ4v) is 1.99. The van der Waals surface area contributed by atoms with Crippen LogP contribution < -0.4 is 15.4 Å². The average molecular weight is 363 g/mol. The molecule has 0 aliphatic heterocycles. The van der Waals surface area contributed by atoms with Crippen LogP contribution >= 0.6 is 0 Å². The fraction of sp³-hybridized carbons (Fsp3) is 0.118. The Kier molecular flexibility index (Phi) is 5.80. The zero-order valence-corrected chi connectivity index (χ0v) is 13.1. The maximum atomic E-state index is 12.3. The van der Waals surface area contributed by atoms with E-state index >= 15 is 0 Å². The highest BCUT2D eigenvalue weighted by Gasteiger charge is 2.31. The van der Waals surface area contributed by atoms with Crippen molar-refractivity contribution in [2.24, 2.45) is 0 Å². The summed E-state index contributed by atoms with van der Waals surface area (Å²) in [5.41, 5.74) is 0.583. The molecule has 0 heterocycles. The number of para-hydroxylation sites is 1. The lowest BCUT2D eigenvalue weighted by atomic mass is 10.1. The van der Waals surface area contributed by atoms with Crippen LogP contribution in [0.2, 0.25) is 0 Å². The highest BCUT2D eigenvalue weighted by atomic mass is 19.4. The van der Waals surface area contributed by atoms with E-state index in [0.29, 0.717) is 0 Å². The molecule has 0 fully saturated rings. The first-order valence-corrected chi connectivity index (χ1v) is 7.21. The predicted molar refractivity (Wildman–Crippen MR) is 86.4 cm³/mol. The third-order valence-corrected chi connectivity index (χ3v) is 3.03. The summed E-state index contributed by atoms with van der Waals surface area (Å²) >= 11 is 0. The first-order chi connectivity index (χ1) is 12.3. The van der Waals surface area contributed by atoms with Gasteiger partial charge < -0.3 is 15.4 Å². The van der Waals surface area contributed by atoms with Crippen molar-refractivity contribution in [1.82, 2.24) is 0 Å². The number of halogens is 3. The van der Waals surface area contributed by atoms with Crippen molar-refractivity contribution in [2.45, 2.75) is 12.8 Å². The molecular weight excluding hydrogens is 351 g/mol. The van der Waals surface area contributed by atoms with E-state index < -0.39 is 23.9 Å². The van der Waals surface area contributed by atoms with Crippen molar-refractivity contribution in [3.63, 3.8) is 0 Å². The van der Waals surface area contributed by atoms with E-state index in [0.717, 1.165) is 12.1 Å². The van der Waals surface area contributed by atoms with Gasteiger partial charge in [-0.15, -0.1) is 13.2 Å². The van der Waals surface area contributed by atoms with Gasteiger partial charge in [0.05, 0.1) is 17.3 Å². The third-order valence-electron chi connectivity index (χ3n) is 3.03. The molecule has 2 aromatic rings. The number of hydrogen-bond donors (Lipinski definition) is 2. The Bertz CT molecular complexity index is 843. The van der Waals surface area contributed by atoms with Gasteiger partial charge in [0.15, 0.2) is 0 Å². The number of hydrogen-bond acceptors (Lipinski definition) is 4. The molecule has 26 heavy (non-hydrogen) atoms. The smallest absolute Gasteiger partial charge is 0.406 e. The summed E-state index contributed by atoms with van der Waals surface area (Å²) in [6.45, 7) is 0. The minimum absolute atomic E-state index is 0.134. The lowest BCUT2D eigenvalue weighted by Gasteiger charge is -2.12. The van der Waals surface area contributed by atoms with Crippen LogP contribution in [-0.2, 0) is 4.79 Å². The van der Waals surface area contributed by atoms with Crippen LogP contribution in [0.4, 0.5) is 24.5 Å². The number of alkyl halides is 3. The lowest BCUT2D eigenvalue weighted by Crippen LogP contribution is -2.18. The number of ether oxygens (including phenoxy) is 1. The van der Waals surface area contributed by atoms with Gasteiger partial charge in [0.2, 0.25) is 5.91 Å². The quantitative estimate of drug-likeness (QED) is 0.848.